The van der Waals surface area contributed by atoms with Crippen LogP contribution in [0.3, 0.4) is 0 Å². The molecule has 0 aromatic heterocycles. The third-order valence-corrected chi connectivity index (χ3v) is 3.10. The van der Waals surface area contributed by atoms with E-state index >= 15 is 0 Å². The molecule has 2 aromatic carbocycles. The van der Waals surface area contributed by atoms with Gasteiger partial charge in [-0.1, -0.05) is 18.2 Å². The average Bonchev–Trinajstić information content (AvgIpc) is 2.58. The van der Waals surface area contributed by atoms with Gasteiger partial charge >= 0.3 is 5.97 Å². The highest BCUT2D eigenvalue weighted by atomic mass is 16.6. The van der Waals surface area contributed by atoms with E-state index in [9.17, 15) is 14.9 Å². The highest BCUT2D eigenvalue weighted by Crippen LogP contribution is 2.17. The number of carbonyl (C=O) groups is 1. The standard InChI is InChI=1S/C17H17NO6/c1-13-4-2-3-5-16(13)22-10-11-23-17(19)12-24-15-8-6-14(7-9-15)18(20)21/h2-9H,10-12H2,1H3. The molecule has 7 nitrogen and oxygen atoms in total. The number of nitro groups is 1. The topological polar surface area (TPSA) is 87.9 Å². The molecular formula is C17H17NO6. The zero-order valence-corrected chi connectivity index (χ0v) is 13.1. The second-order valence-corrected chi connectivity index (χ2v) is 4.87. The fourth-order valence-corrected chi connectivity index (χ4v) is 1.87. The number of nitrogens with zero attached hydrogens (tertiary/aromatic N) is 1. The van der Waals surface area contributed by atoms with Gasteiger partial charge in [-0.2, -0.15) is 0 Å². The van der Waals surface area contributed by atoms with Crippen molar-refractivity contribution in [3.8, 4) is 11.5 Å². The van der Waals surface area contributed by atoms with Crippen molar-refractivity contribution >= 4 is 11.7 Å². The summed E-state index contributed by atoms with van der Waals surface area (Å²) in [7, 11) is 0. The Labute approximate surface area is 138 Å². The van der Waals surface area contributed by atoms with Crippen LogP contribution in [0.1, 0.15) is 5.56 Å². The second kappa shape index (κ2) is 8.52. The van der Waals surface area contributed by atoms with E-state index in [1.165, 1.54) is 24.3 Å². The van der Waals surface area contributed by atoms with Crippen LogP contribution in [0.15, 0.2) is 48.5 Å². The van der Waals surface area contributed by atoms with Gasteiger partial charge in [-0.15, -0.1) is 0 Å². The molecule has 0 fully saturated rings. The number of esters is 1. The summed E-state index contributed by atoms with van der Waals surface area (Å²) in [5.74, 6) is 0.561. The molecule has 0 spiro atoms. The van der Waals surface area contributed by atoms with E-state index in [-0.39, 0.29) is 25.5 Å². The molecule has 0 saturated heterocycles. The van der Waals surface area contributed by atoms with Crippen molar-refractivity contribution in [1.82, 2.24) is 0 Å². The van der Waals surface area contributed by atoms with Crippen LogP contribution in [-0.2, 0) is 9.53 Å². The van der Waals surface area contributed by atoms with Crippen molar-refractivity contribution in [1.29, 1.82) is 0 Å². The second-order valence-electron chi connectivity index (χ2n) is 4.87. The van der Waals surface area contributed by atoms with E-state index in [2.05, 4.69) is 0 Å². The van der Waals surface area contributed by atoms with E-state index in [1.54, 1.807) is 0 Å². The SMILES string of the molecule is Cc1ccccc1OCCOC(=O)COc1ccc([N+](=O)[O-])cc1. The lowest BCUT2D eigenvalue weighted by atomic mass is 10.2. The number of hydrogen-bond acceptors (Lipinski definition) is 6. The van der Waals surface area contributed by atoms with Gasteiger partial charge in [0.15, 0.2) is 6.61 Å². The molecule has 0 heterocycles. The van der Waals surface area contributed by atoms with Crippen molar-refractivity contribution in [2.75, 3.05) is 19.8 Å². The third-order valence-electron chi connectivity index (χ3n) is 3.10. The van der Waals surface area contributed by atoms with E-state index in [4.69, 9.17) is 14.2 Å². The summed E-state index contributed by atoms with van der Waals surface area (Å²) in [5, 5.41) is 10.5. The minimum Gasteiger partial charge on any atom is -0.490 e. The maximum atomic E-state index is 11.6. The summed E-state index contributed by atoms with van der Waals surface area (Å²) in [6.45, 7) is 2.01. The predicted octanol–water partition coefficient (Wildman–Crippen LogP) is 2.90. The molecule has 0 amide bonds. The fourth-order valence-electron chi connectivity index (χ4n) is 1.87. The first-order valence-electron chi connectivity index (χ1n) is 7.27. The minimum atomic E-state index is -0.540. The van der Waals surface area contributed by atoms with Crippen LogP contribution < -0.4 is 9.47 Å². The number of para-hydroxylation sites is 1. The summed E-state index contributed by atoms with van der Waals surface area (Å²) >= 11 is 0. The molecule has 2 rings (SSSR count). The smallest absolute Gasteiger partial charge is 0.344 e. The Kier molecular flexibility index (Phi) is 6.13. The molecule has 24 heavy (non-hydrogen) atoms. The molecule has 0 aliphatic carbocycles. The minimum absolute atomic E-state index is 0.0433. The summed E-state index contributed by atoms with van der Waals surface area (Å²) in [5.41, 5.74) is 0.962. The molecule has 0 N–H and O–H groups in total. The average molecular weight is 331 g/mol. The van der Waals surface area contributed by atoms with Crippen molar-refractivity contribution < 1.29 is 23.9 Å². The molecule has 7 heteroatoms. The van der Waals surface area contributed by atoms with Crippen LogP contribution in [0.25, 0.3) is 0 Å². The van der Waals surface area contributed by atoms with E-state index in [1.807, 2.05) is 31.2 Å². The molecule has 0 unspecified atom stereocenters. The predicted molar refractivity (Wildman–Crippen MR) is 86.2 cm³/mol. The van der Waals surface area contributed by atoms with Gasteiger partial charge in [0, 0.05) is 12.1 Å². The van der Waals surface area contributed by atoms with Crippen molar-refractivity contribution in [2.45, 2.75) is 6.92 Å². The van der Waals surface area contributed by atoms with Crippen molar-refractivity contribution in [2.24, 2.45) is 0 Å². The quantitative estimate of drug-likeness (QED) is 0.320. The lowest BCUT2D eigenvalue weighted by Gasteiger charge is -2.10. The summed E-state index contributed by atoms with van der Waals surface area (Å²) < 4.78 is 15.7. The summed E-state index contributed by atoms with van der Waals surface area (Å²) in [6, 6.07) is 13.0. The van der Waals surface area contributed by atoms with Crippen LogP contribution in [0.5, 0.6) is 11.5 Å². The zero-order chi connectivity index (χ0) is 17.4. The van der Waals surface area contributed by atoms with E-state index < -0.39 is 10.9 Å². The third kappa shape index (κ3) is 5.28. The Morgan fingerprint density at radius 2 is 1.75 bits per heavy atom. The highest BCUT2D eigenvalue weighted by Gasteiger charge is 2.07. The maximum absolute atomic E-state index is 11.6. The van der Waals surface area contributed by atoms with E-state index in [0.29, 0.717) is 5.75 Å². The van der Waals surface area contributed by atoms with Crippen molar-refractivity contribution in [3.05, 3.63) is 64.2 Å². The highest BCUT2D eigenvalue weighted by molar-refractivity contribution is 5.71. The largest absolute Gasteiger partial charge is 0.490 e. The first-order chi connectivity index (χ1) is 11.6. The van der Waals surface area contributed by atoms with Crippen LogP contribution in [0.2, 0.25) is 0 Å². The normalized spacial score (nSPS) is 10.0. The van der Waals surface area contributed by atoms with Gasteiger partial charge in [-0.3, -0.25) is 10.1 Å². The Morgan fingerprint density at radius 3 is 2.42 bits per heavy atom. The van der Waals surface area contributed by atoms with Crippen LogP contribution in [0, 0.1) is 17.0 Å². The Bertz CT molecular complexity index is 698. The molecule has 0 aliphatic heterocycles. The van der Waals surface area contributed by atoms with E-state index in [0.717, 1.165) is 11.3 Å². The number of rotatable bonds is 8. The van der Waals surface area contributed by atoms with Gasteiger partial charge in [-0.05, 0) is 30.7 Å². The molecule has 0 radical (unpaired) electrons. The molecule has 2 aromatic rings. The van der Waals surface area contributed by atoms with Gasteiger partial charge in [0.05, 0.1) is 4.92 Å². The Balaban J connectivity index is 1.66. The number of carbonyl (C=O) groups excluding carboxylic acids is 1. The van der Waals surface area contributed by atoms with Gasteiger partial charge in [-0.25, -0.2) is 4.79 Å². The van der Waals surface area contributed by atoms with Gasteiger partial charge in [0.2, 0.25) is 0 Å². The van der Waals surface area contributed by atoms with Crippen LogP contribution in [-0.4, -0.2) is 30.7 Å². The molecule has 126 valence electrons. The van der Waals surface area contributed by atoms with Gasteiger partial charge < -0.3 is 14.2 Å². The number of hydrogen-bond donors (Lipinski definition) is 0. The first-order valence-corrected chi connectivity index (χ1v) is 7.27. The maximum Gasteiger partial charge on any atom is 0.344 e. The van der Waals surface area contributed by atoms with Crippen LogP contribution >= 0.6 is 0 Å². The first kappa shape index (κ1) is 17.3. The monoisotopic (exact) mass is 331 g/mol. The molecule has 0 atom stereocenters. The zero-order valence-electron chi connectivity index (χ0n) is 13.1. The Hall–Kier alpha value is -3.09. The number of nitro benzene ring substituents is 1. The molecule has 0 aliphatic rings. The molecule has 0 saturated carbocycles. The number of benzene rings is 2. The van der Waals surface area contributed by atoms with Crippen LogP contribution in [0.4, 0.5) is 5.69 Å². The molecular weight excluding hydrogens is 314 g/mol. The van der Waals surface area contributed by atoms with Crippen molar-refractivity contribution in [3.63, 3.8) is 0 Å². The number of ether oxygens (including phenoxy) is 3. The fraction of sp³-hybridized carbons (Fsp3) is 0.235. The lowest BCUT2D eigenvalue weighted by Crippen LogP contribution is -2.18. The number of aryl methyl sites for hydroxylation is 1. The van der Waals surface area contributed by atoms with Gasteiger partial charge in [0.1, 0.15) is 24.7 Å². The summed E-state index contributed by atoms with van der Waals surface area (Å²) in [6.07, 6.45) is 0. The lowest BCUT2D eigenvalue weighted by molar-refractivity contribution is -0.384. The Morgan fingerprint density at radius 1 is 1.04 bits per heavy atom. The number of non-ortho nitro benzene ring substituents is 1. The molecule has 0 bridgehead atoms. The van der Waals surface area contributed by atoms with Gasteiger partial charge in [0.25, 0.3) is 5.69 Å². The summed E-state index contributed by atoms with van der Waals surface area (Å²) in [4.78, 5) is 21.6.